The molecule has 1 atom stereocenters. The Morgan fingerprint density at radius 2 is 1.69 bits per heavy atom. The topological polar surface area (TPSA) is 70.0 Å². The quantitative estimate of drug-likeness (QED) is 0.610. The molecule has 0 saturated heterocycles. The van der Waals surface area contributed by atoms with Crippen LogP contribution in [-0.2, 0) is 0 Å². The number of aliphatic hydroxyl groups is 1. The van der Waals surface area contributed by atoms with E-state index in [0.717, 1.165) is 11.1 Å². The van der Waals surface area contributed by atoms with Crippen molar-refractivity contribution in [1.82, 2.24) is 4.90 Å². The van der Waals surface area contributed by atoms with Crippen molar-refractivity contribution in [2.24, 2.45) is 0 Å². The van der Waals surface area contributed by atoms with Gasteiger partial charge < -0.3 is 19.8 Å². The summed E-state index contributed by atoms with van der Waals surface area (Å²) in [5.41, 5.74) is 2.35. The molecule has 0 saturated carbocycles. The highest BCUT2D eigenvalue weighted by Gasteiger charge is 2.18. The Morgan fingerprint density at radius 1 is 0.966 bits per heavy atom. The third-order valence-electron chi connectivity index (χ3n) is 4.60. The number of hydrogen-bond acceptors (Lipinski definition) is 4. The molecule has 0 aromatic heterocycles. The fourth-order valence-corrected chi connectivity index (χ4v) is 3.04. The number of aliphatic hydroxyl groups excluding tert-OH is 1. The second-order valence-corrected chi connectivity index (χ2v) is 6.75. The fraction of sp³-hybridized carbons (Fsp3) is 0.208. The van der Waals surface area contributed by atoms with Gasteiger partial charge >= 0.3 is 0 Å². The highest BCUT2D eigenvalue weighted by Crippen LogP contribution is 2.23. The number of phenols is 1. The number of carbonyl (C=O) groups is 1. The molecule has 3 aromatic rings. The third kappa shape index (κ3) is 5.59. The van der Waals surface area contributed by atoms with E-state index in [4.69, 9.17) is 4.74 Å². The number of benzene rings is 3. The van der Waals surface area contributed by atoms with Gasteiger partial charge in [-0.1, -0.05) is 42.5 Å². The summed E-state index contributed by atoms with van der Waals surface area (Å²) in [5, 5.41) is 19.8. The van der Waals surface area contributed by atoms with Crippen LogP contribution in [0.5, 0.6) is 11.5 Å². The number of ether oxygens (including phenoxy) is 1. The molecule has 2 N–H and O–H groups in total. The van der Waals surface area contributed by atoms with E-state index in [1.807, 2.05) is 55.5 Å². The van der Waals surface area contributed by atoms with Gasteiger partial charge in [-0.15, -0.1) is 0 Å². The Bertz CT molecular complexity index is 925. The second-order valence-electron chi connectivity index (χ2n) is 6.75. The summed E-state index contributed by atoms with van der Waals surface area (Å²) in [6.45, 7) is 2.66. The Hall–Kier alpha value is -3.31. The minimum atomic E-state index is -0.792. The summed E-state index contributed by atoms with van der Waals surface area (Å²) >= 11 is 0. The zero-order valence-electron chi connectivity index (χ0n) is 16.4. The number of hydrogen-bond donors (Lipinski definition) is 2. The molecular formula is C24H25NO4. The first-order valence-corrected chi connectivity index (χ1v) is 9.61. The van der Waals surface area contributed by atoms with Gasteiger partial charge in [-0.2, -0.15) is 0 Å². The summed E-state index contributed by atoms with van der Waals surface area (Å²) in [5.74, 6) is 0.735. The molecule has 0 bridgehead atoms. The van der Waals surface area contributed by atoms with Gasteiger partial charge in [0.05, 0.1) is 6.54 Å². The Balaban J connectivity index is 1.65. The number of aromatic hydroxyl groups is 1. The molecule has 5 nitrogen and oxygen atoms in total. The van der Waals surface area contributed by atoms with Crippen LogP contribution in [0, 0.1) is 0 Å². The molecule has 0 unspecified atom stereocenters. The number of phenolic OH excluding ortho intramolecular Hbond substituents is 1. The van der Waals surface area contributed by atoms with Crippen LogP contribution in [0.25, 0.3) is 11.1 Å². The van der Waals surface area contributed by atoms with Crippen molar-refractivity contribution in [2.75, 3.05) is 19.7 Å². The van der Waals surface area contributed by atoms with Crippen molar-refractivity contribution in [3.05, 3.63) is 84.4 Å². The summed E-state index contributed by atoms with van der Waals surface area (Å²) in [4.78, 5) is 14.6. The monoisotopic (exact) mass is 391 g/mol. The number of likely N-dealkylation sites (N-methyl/N-ethyl adjacent to an activating group) is 1. The van der Waals surface area contributed by atoms with Gasteiger partial charge in [-0.05, 0) is 54.4 Å². The average molecular weight is 391 g/mol. The Kier molecular flexibility index (Phi) is 6.87. The van der Waals surface area contributed by atoms with Crippen LogP contribution < -0.4 is 4.74 Å². The summed E-state index contributed by atoms with van der Waals surface area (Å²) in [7, 11) is 0. The molecule has 0 heterocycles. The minimum Gasteiger partial charge on any atom is -0.508 e. The van der Waals surface area contributed by atoms with Crippen LogP contribution in [-0.4, -0.2) is 46.8 Å². The highest BCUT2D eigenvalue weighted by molar-refractivity contribution is 5.95. The Morgan fingerprint density at radius 3 is 2.38 bits per heavy atom. The van der Waals surface area contributed by atoms with E-state index in [0.29, 0.717) is 17.9 Å². The lowest BCUT2D eigenvalue weighted by atomic mass is 10.0. The summed E-state index contributed by atoms with van der Waals surface area (Å²) in [6.07, 6.45) is -0.792. The van der Waals surface area contributed by atoms with Crippen molar-refractivity contribution >= 4 is 5.91 Å². The van der Waals surface area contributed by atoms with E-state index < -0.39 is 6.10 Å². The maximum Gasteiger partial charge on any atom is 0.253 e. The Labute approximate surface area is 170 Å². The van der Waals surface area contributed by atoms with Crippen LogP contribution in [0.1, 0.15) is 17.3 Å². The molecule has 0 aliphatic carbocycles. The molecule has 150 valence electrons. The molecule has 3 aromatic carbocycles. The molecule has 0 spiro atoms. The lowest BCUT2D eigenvalue weighted by Gasteiger charge is -2.24. The molecule has 3 rings (SSSR count). The van der Waals surface area contributed by atoms with E-state index in [1.54, 1.807) is 35.2 Å². The first-order chi connectivity index (χ1) is 14.1. The average Bonchev–Trinajstić information content (AvgIpc) is 2.77. The van der Waals surface area contributed by atoms with Crippen molar-refractivity contribution in [1.29, 1.82) is 0 Å². The summed E-state index contributed by atoms with van der Waals surface area (Å²) in [6, 6.07) is 23.5. The first kappa shape index (κ1) is 20.4. The molecule has 0 aliphatic heterocycles. The molecule has 29 heavy (non-hydrogen) atoms. The van der Waals surface area contributed by atoms with Crippen LogP contribution in [0.4, 0.5) is 0 Å². The number of rotatable bonds is 8. The van der Waals surface area contributed by atoms with Gasteiger partial charge in [0.15, 0.2) is 0 Å². The number of amides is 1. The normalized spacial score (nSPS) is 11.7. The number of nitrogens with zero attached hydrogens (tertiary/aromatic N) is 1. The van der Waals surface area contributed by atoms with Gasteiger partial charge in [-0.25, -0.2) is 0 Å². The van der Waals surface area contributed by atoms with E-state index in [9.17, 15) is 15.0 Å². The molecule has 0 radical (unpaired) electrons. The van der Waals surface area contributed by atoms with Gasteiger partial charge in [0.25, 0.3) is 5.91 Å². The van der Waals surface area contributed by atoms with Crippen LogP contribution in [0.3, 0.4) is 0 Å². The second kappa shape index (κ2) is 9.75. The van der Waals surface area contributed by atoms with Crippen molar-refractivity contribution < 1.29 is 19.7 Å². The van der Waals surface area contributed by atoms with E-state index >= 15 is 0 Å². The minimum absolute atomic E-state index is 0.112. The fourth-order valence-electron chi connectivity index (χ4n) is 3.04. The predicted octanol–water partition coefficient (Wildman–Crippen LogP) is 3.96. The molecule has 0 aliphatic rings. The maximum atomic E-state index is 13.0. The molecule has 0 fully saturated rings. The van der Waals surface area contributed by atoms with Crippen LogP contribution >= 0.6 is 0 Å². The number of carbonyl (C=O) groups excluding carboxylic acids is 1. The number of para-hydroxylation sites is 1. The summed E-state index contributed by atoms with van der Waals surface area (Å²) < 4.78 is 5.58. The van der Waals surface area contributed by atoms with Gasteiger partial charge in [0.1, 0.15) is 24.2 Å². The smallest absolute Gasteiger partial charge is 0.253 e. The lowest BCUT2D eigenvalue weighted by Crippen LogP contribution is -2.39. The van der Waals surface area contributed by atoms with Crippen molar-refractivity contribution in [3.8, 4) is 22.6 Å². The van der Waals surface area contributed by atoms with E-state index in [-0.39, 0.29) is 24.8 Å². The maximum absolute atomic E-state index is 13.0. The zero-order chi connectivity index (χ0) is 20.6. The third-order valence-corrected chi connectivity index (χ3v) is 4.60. The first-order valence-electron chi connectivity index (χ1n) is 9.61. The lowest BCUT2D eigenvalue weighted by molar-refractivity contribution is 0.0514. The zero-order valence-corrected chi connectivity index (χ0v) is 16.4. The highest BCUT2D eigenvalue weighted by atomic mass is 16.5. The van der Waals surface area contributed by atoms with Crippen LogP contribution in [0.15, 0.2) is 78.9 Å². The molecular weight excluding hydrogens is 366 g/mol. The van der Waals surface area contributed by atoms with Crippen LogP contribution in [0.2, 0.25) is 0 Å². The predicted molar refractivity (Wildman–Crippen MR) is 113 cm³/mol. The largest absolute Gasteiger partial charge is 0.508 e. The standard InChI is InChI=1S/C24H25NO4/c1-2-25(16-22(27)17-29-23-9-4-3-5-10-23)24(28)20-8-6-7-19(15-20)18-11-13-21(26)14-12-18/h3-15,22,26-27H,2,16-17H2,1H3/t22-/m1/s1. The van der Waals surface area contributed by atoms with E-state index in [1.165, 1.54) is 0 Å². The van der Waals surface area contributed by atoms with Gasteiger partial charge in [0.2, 0.25) is 0 Å². The molecule has 1 amide bonds. The van der Waals surface area contributed by atoms with Crippen molar-refractivity contribution in [3.63, 3.8) is 0 Å². The molecule has 5 heteroatoms. The van der Waals surface area contributed by atoms with Gasteiger partial charge in [-0.3, -0.25) is 4.79 Å². The SMILES string of the molecule is CCN(C[C@@H](O)COc1ccccc1)C(=O)c1cccc(-c2ccc(O)cc2)c1. The van der Waals surface area contributed by atoms with Crippen molar-refractivity contribution in [2.45, 2.75) is 13.0 Å². The van der Waals surface area contributed by atoms with E-state index in [2.05, 4.69) is 0 Å². The van der Waals surface area contributed by atoms with Gasteiger partial charge in [0, 0.05) is 12.1 Å².